The fraction of sp³-hybridized carbons (Fsp3) is 0.632. The molecule has 0 aromatic heterocycles. The average molecular weight is 331 g/mol. The van der Waals surface area contributed by atoms with E-state index >= 15 is 0 Å². The minimum Gasteiger partial charge on any atom is -0.379 e. The Bertz CT molecular complexity index is 557. The first kappa shape index (κ1) is 17.4. The van der Waals surface area contributed by atoms with Gasteiger partial charge >= 0.3 is 0 Å². The van der Waals surface area contributed by atoms with E-state index in [4.69, 9.17) is 10.5 Å². The standard InChI is InChI=1S/C19H29N3O2/c1-14(22-8-10-24-11-9-22)15-4-2-6-17(12-15)21-19(23)18-7-3-5-16(18)13-20/h2,4,6,12,14,16,18H,3,5,7-11,13,20H2,1H3,(H,21,23)/t14?,16-,18-/m1/s1. The van der Waals surface area contributed by atoms with E-state index in [1.165, 1.54) is 5.56 Å². The van der Waals surface area contributed by atoms with Crippen LogP contribution in [0.3, 0.4) is 0 Å². The number of anilines is 1. The maximum atomic E-state index is 12.6. The molecule has 1 saturated heterocycles. The van der Waals surface area contributed by atoms with Gasteiger partial charge in [-0.3, -0.25) is 9.69 Å². The molecule has 1 aliphatic carbocycles. The third kappa shape index (κ3) is 3.97. The molecule has 5 nitrogen and oxygen atoms in total. The van der Waals surface area contributed by atoms with Gasteiger partial charge in [-0.25, -0.2) is 0 Å². The predicted molar refractivity (Wildman–Crippen MR) is 95.8 cm³/mol. The Balaban J connectivity index is 1.65. The zero-order valence-corrected chi connectivity index (χ0v) is 14.5. The van der Waals surface area contributed by atoms with E-state index in [2.05, 4.69) is 29.3 Å². The van der Waals surface area contributed by atoms with Crippen LogP contribution in [0.1, 0.15) is 37.8 Å². The lowest BCUT2D eigenvalue weighted by Gasteiger charge is -2.32. The quantitative estimate of drug-likeness (QED) is 0.869. The monoisotopic (exact) mass is 331 g/mol. The predicted octanol–water partition coefficient (Wildman–Crippen LogP) is 2.39. The smallest absolute Gasteiger partial charge is 0.227 e. The van der Waals surface area contributed by atoms with E-state index in [0.717, 1.165) is 51.3 Å². The van der Waals surface area contributed by atoms with Crippen LogP contribution in [0.4, 0.5) is 5.69 Å². The summed E-state index contributed by atoms with van der Waals surface area (Å²) < 4.78 is 5.43. The molecule has 24 heavy (non-hydrogen) atoms. The van der Waals surface area contributed by atoms with Gasteiger partial charge in [0.15, 0.2) is 0 Å². The molecule has 1 aliphatic heterocycles. The van der Waals surface area contributed by atoms with Gasteiger partial charge in [0.25, 0.3) is 0 Å². The number of hydrogen-bond donors (Lipinski definition) is 2. The summed E-state index contributed by atoms with van der Waals surface area (Å²) >= 11 is 0. The Morgan fingerprint density at radius 1 is 1.38 bits per heavy atom. The SMILES string of the molecule is CC(c1cccc(NC(=O)[C@@H]2CCC[C@@H]2CN)c1)N1CCOCC1. The topological polar surface area (TPSA) is 67.6 Å². The summed E-state index contributed by atoms with van der Waals surface area (Å²) in [4.78, 5) is 15.0. The molecule has 0 bridgehead atoms. The summed E-state index contributed by atoms with van der Waals surface area (Å²) in [5.41, 5.74) is 7.93. The number of carbonyl (C=O) groups is 1. The van der Waals surface area contributed by atoms with E-state index < -0.39 is 0 Å². The number of morpholine rings is 1. The summed E-state index contributed by atoms with van der Waals surface area (Å²) in [6.45, 7) is 6.32. The van der Waals surface area contributed by atoms with Crippen LogP contribution < -0.4 is 11.1 Å². The van der Waals surface area contributed by atoms with Crippen LogP contribution in [0.2, 0.25) is 0 Å². The van der Waals surface area contributed by atoms with Crippen LogP contribution in [0.5, 0.6) is 0 Å². The van der Waals surface area contributed by atoms with Crippen molar-refractivity contribution in [3.63, 3.8) is 0 Å². The molecule has 1 aromatic rings. The first-order chi connectivity index (χ1) is 11.7. The van der Waals surface area contributed by atoms with Gasteiger partial charge in [0.2, 0.25) is 5.91 Å². The number of nitrogens with one attached hydrogen (secondary N) is 1. The van der Waals surface area contributed by atoms with Crippen LogP contribution in [-0.2, 0) is 9.53 Å². The van der Waals surface area contributed by atoms with Crippen molar-refractivity contribution in [3.8, 4) is 0 Å². The highest BCUT2D eigenvalue weighted by atomic mass is 16.5. The highest BCUT2D eigenvalue weighted by Gasteiger charge is 2.32. The van der Waals surface area contributed by atoms with Crippen molar-refractivity contribution in [2.45, 2.75) is 32.2 Å². The second kappa shape index (κ2) is 8.10. The number of amides is 1. The molecule has 3 atom stereocenters. The van der Waals surface area contributed by atoms with Gasteiger partial charge in [-0.15, -0.1) is 0 Å². The second-order valence-corrected chi connectivity index (χ2v) is 6.97. The second-order valence-electron chi connectivity index (χ2n) is 6.97. The first-order valence-electron chi connectivity index (χ1n) is 9.11. The van der Waals surface area contributed by atoms with Gasteiger partial charge in [-0.1, -0.05) is 18.6 Å². The van der Waals surface area contributed by atoms with Gasteiger partial charge in [-0.2, -0.15) is 0 Å². The highest BCUT2D eigenvalue weighted by molar-refractivity contribution is 5.93. The van der Waals surface area contributed by atoms with Crippen LogP contribution in [-0.4, -0.2) is 43.7 Å². The Morgan fingerprint density at radius 3 is 2.92 bits per heavy atom. The van der Waals surface area contributed by atoms with E-state index in [1.54, 1.807) is 0 Å². The number of benzene rings is 1. The molecular formula is C19H29N3O2. The number of hydrogen-bond acceptors (Lipinski definition) is 4. The van der Waals surface area contributed by atoms with E-state index in [9.17, 15) is 4.79 Å². The molecule has 1 unspecified atom stereocenters. The molecule has 1 aromatic carbocycles. The Morgan fingerprint density at radius 2 is 2.17 bits per heavy atom. The lowest BCUT2D eigenvalue weighted by Crippen LogP contribution is -2.38. The van der Waals surface area contributed by atoms with Crippen LogP contribution >= 0.6 is 0 Å². The fourth-order valence-electron chi connectivity index (χ4n) is 3.95. The molecule has 1 heterocycles. The molecule has 2 fully saturated rings. The van der Waals surface area contributed by atoms with Crippen LogP contribution in [0.15, 0.2) is 24.3 Å². The minimum absolute atomic E-state index is 0.0651. The van der Waals surface area contributed by atoms with Crippen molar-refractivity contribution in [2.24, 2.45) is 17.6 Å². The van der Waals surface area contributed by atoms with Crippen LogP contribution in [0, 0.1) is 11.8 Å². The molecule has 1 saturated carbocycles. The summed E-state index contributed by atoms with van der Waals surface area (Å²) in [6.07, 6.45) is 3.13. The molecule has 0 radical (unpaired) electrons. The van der Waals surface area contributed by atoms with Crippen molar-refractivity contribution in [1.82, 2.24) is 4.90 Å². The molecule has 3 rings (SSSR count). The summed E-state index contributed by atoms with van der Waals surface area (Å²) in [6, 6.07) is 8.56. The summed E-state index contributed by atoms with van der Waals surface area (Å²) in [5, 5.41) is 3.11. The number of rotatable bonds is 5. The third-order valence-electron chi connectivity index (χ3n) is 5.53. The third-order valence-corrected chi connectivity index (χ3v) is 5.53. The minimum atomic E-state index is 0.0651. The average Bonchev–Trinajstić information content (AvgIpc) is 3.11. The van der Waals surface area contributed by atoms with Gasteiger partial charge in [0, 0.05) is 30.7 Å². The van der Waals surface area contributed by atoms with Crippen LogP contribution in [0.25, 0.3) is 0 Å². The number of nitrogens with zero attached hydrogens (tertiary/aromatic N) is 1. The van der Waals surface area contributed by atoms with Crippen molar-refractivity contribution in [3.05, 3.63) is 29.8 Å². The molecule has 132 valence electrons. The Hall–Kier alpha value is -1.43. The van der Waals surface area contributed by atoms with Gasteiger partial charge in [-0.05, 0) is 49.9 Å². The number of ether oxygens (including phenoxy) is 1. The zero-order valence-electron chi connectivity index (χ0n) is 14.5. The molecule has 1 amide bonds. The van der Waals surface area contributed by atoms with Gasteiger partial charge in [0.1, 0.15) is 0 Å². The largest absolute Gasteiger partial charge is 0.379 e. The molecule has 0 spiro atoms. The molecule has 3 N–H and O–H groups in total. The van der Waals surface area contributed by atoms with E-state index in [-0.39, 0.29) is 11.8 Å². The lowest BCUT2D eigenvalue weighted by molar-refractivity contribution is -0.120. The van der Waals surface area contributed by atoms with Gasteiger partial charge < -0.3 is 15.8 Å². The molecular weight excluding hydrogens is 302 g/mol. The maximum absolute atomic E-state index is 12.6. The molecule has 5 heteroatoms. The van der Waals surface area contributed by atoms with E-state index in [1.807, 2.05) is 12.1 Å². The van der Waals surface area contributed by atoms with E-state index in [0.29, 0.717) is 18.5 Å². The summed E-state index contributed by atoms with van der Waals surface area (Å²) in [5.74, 6) is 0.523. The normalized spacial score (nSPS) is 26.2. The number of carbonyl (C=O) groups excluding carboxylic acids is 1. The lowest BCUT2D eigenvalue weighted by atomic mass is 9.95. The fourth-order valence-corrected chi connectivity index (χ4v) is 3.95. The molecule has 2 aliphatic rings. The summed E-state index contributed by atoms with van der Waals surface area (Å²) in [7, 11) is 0. The van der Waals surface area contributed by atoms with Crippen molar-refractivity contribution in [1.29, 1.82) is 0 Å². The highest BCUT2D eigenvalue weighted by Crippen LogP contribution is 2.32. The van der Waals surface area contributed by atoms with Gasteiger partial charge in [0.05, 0.1) is 13.2 Å². The Labute approximate surface area is 144 Å². The van der Waals surface area contributed by atoms with Crippen molar-refractivity contribution >= 4 is 11.6 Å². The first-order valence-corrected chi connectivity index (χ1v) is 9.11. The van der Waals surface area contributed by atoms with Crippen molar-refractivity contribution in [2.75, 3.05) is 38.2 Å². The van der Waals surface area contributed by atoms with Crippen molar-refractivity contribution < 1.29 is 9.53 Å². The number of nitrogens with two attached hydrogens (primary N) is 1. The Kier molecular flexibility index (Phi) is 5.87. The maximum Gasteiger partial charge on any atom is 0.227 e. The zero-order chi connectivity index (χ0) is 16.9.